The van der Waals surface area contributed by atoms with Gasteiger partial charge in [-0.3, -0.25) is 9.63 Å². The molecule has 0 radical (unpaired) electrons. The molecule has 0 spiro atoms. The Morgan fingerprint density at radius 1 is 1.24 bits per heavy atom. The molecule has 1 rings (SSSR count). The zero-order valence-electron chi connectivity index (χ0n) is 12.5. The largest absolute Gasteiger partial charge is 0.496 e. The highest BCUT2D eigenvalue weighted by atomic mass is 32.2. The van der Waals surface area contributed by atoms with Gasteiger partial charge in [0.05, 0.1) is 24.7 Å². The van der Waals surface area contributed by atoms with Crippen LogP contribution in [-0.2, 0) is 14.9 Å². The number of hydrogen-bond acceptors (Lipinski definition) is 5. The van der Waals surface area contributed by atoms with Crippen LogP contribution in [0.15, 0.2) is 23.1 Å². The first-order valence-electron chi connectivity index (χ1n) is 6.43. The van der Waals surface area contributed by atoms with E-state index >= 15 is 0 Å². The number of amides is 1. The van der Waals surface area contributed by atoms with Crippen molar-refractivity contribution in [1.29, 1.82) is 0 Å². The molecule has 118 valence electrons. The third kappa shape index (κ3) is 3.72. The lowest BCUT2D eigenvalue weighted by Gasteiger charge is -2.19. The SMILES string of the molecule is CCN(CC)S(=O)(=O)c1ccc(OC)c(C(=O)NOC)c1. The van der Waals surface area contributed by atoms with Gasteiger partial charge in [0.2, 0.25) is 10.0 Å². The molecule has 0 aliphatic rings. The molecule has 0 aliphatic carbocycles. The molecule has 0 saturated heterocycles. The van der Waals surface area contributed by atoms with Crippen LogP contribution >= 0.6 is 0 Å². The number of carbonyl (C=O) groups is 1. The van der Waals surface area contributed by atoms with Crippen molar-refractivity contribution in [3.05, 3.63) is 23.8 Å². The van der Waals surface area contributed by atoms with Gasteiger partial charge in [0.15, 0.2) is 0 Å². The number of nitrogens with zero attached hydrogens (tertiary/aromatic N) is 1. The maximum absolute atomic E-state index is 12.4. The van der Waals surface area contributed by atoms with Gasteiger partial charge in [0.25, 0.3) is 5.91 Å². The standard InChI is InChI=1S/C13H20N2O5S/c1-5-15(6-2)21(17,18)10-7-8-12(19-3)11(9-10)13(16)14-20-4/h7-9H,5-6H2,1-4H3,(H,14,16). The van der Waals surface area contributed by atoms with Crippen LogP contribution in [-0.4, -0.2) is 45.9 Å². The Labute approximate surface area is 124 Å². The first-order chi connectivity index (χ1) is 9.92. The Morgan fingerprint density at radius 2 is 1.86 bits per heavy atom. The van der Waals surface area contributed by atoms with Crippen molar-refractivity contribution in [3.63, 3.8) is 0 Å². The second kappa shape index (κ2) is 7.39. The quantitative estimate of drug-likeness (QED) is 0.759. The van der Waals surface area contributed by atoms with E-state index in [1.54, 1.807) is 13.8 Å². The molecule has 1 aromatic carbocycles. The van der Waals surface area contributed by atoms with Crippen molar-refractivity contribution in [2.75, 3.05) is 27.3 Å². The molecule has 7 nitrogen and oxygen atoms in total. The molecule has 1 amide bonds. The van der Waals surface area contributed by atoms with Crippen LogP contribution in [0.3, 0.4) is 0 Å². The topological polar surface area (TPSA) is 84.9 Å². The monoisotopic (exact) mass is 316 g/mol. The van der Waals surface area contributed by atoms with Gasteiger partial charge >= 0.3 is 0 Å². The minimum absolute atomic E-state index is 0.0354. The van der Waals surface area contributed by atoms with Crippen LogP contribution in [0.25, 0.3) is 0 Å². The molecule has 0 atom stereocenters. The number of methoxy groups -OCH3 is 1. The third-order valence-electron chi connectivity index (χ3n) is 2.95. The van der Waals surface area contributed by atoms with Gasteiger partial charge in [0, 0.05) is 13.1 Å². The van der Waals surface area contributed by atoms with Crippen molar-refractivity contribution >= 4 is 15.9 Å². The Morgan fingerprint density at radius 3 is 2.33 bits per heavy atom. The van der Waals surface area contributed by atoms with Gasteiger partial charge in [-0.2, -0.15) is 4.31 Å². The predicted octanol–water partition coefficient (Wildman–Crippen LogP) is 1.02. The lowest BCUT2D eigenvalue weighted by Crippen LogP contribution is -2.31. The zero-order chi connectivity index (χ0) is 16.0. The van der Waals surface area contributed by atoms with Crippen LogP contribution in [0.5, 0.6) is 5.75 Å². The summed E-state index contributed by atoms with van der Waals surface area (Å²) in [5, 5.41) is 0. The minimum Gasteiger partial charge on any atom is -0.496 e. The average molecular weight is 316 g/mol. The Kier molecular flexibility index (Phi) is 6.13. The molecule has 0 fully saturated rings. The highest BCUT2D eigenvalue weighted by Crippen LogP contribution is 2.24. The summed E-state index contributed by atoms with van der Waals surface area (Å²) in [6.45, 7) is 4.21. The highest BCUT2D eigenvalue weighted by molar-refractivity contribution is 7.89. The Hall–Kier alpha value is -1.64. The maximum Gasteiger partial charge on any atom is 0.278 e. The van der Waals surface area contributed by atoms with Gasteiger partial charge in [-0.25, -0.2) is 13.9 Å². The van der Waals surface area contributed by atoms with E-state index in [9.17, 15) is 13.2 Å². The summed E-state index contributed by atoms with van der Waals surface area (Å²) in [5.41, 5.74) is 2.24. The number of sulfonamides is 1. The summed E-state index contributed by atoms with van der Waals surface area (Å²) in [7, 11) is -0.947. The van der Waals surface area contributed by atoms with E-state index in [2.05, 4.69) is 10.3 Å². The van der Waals surface area contributed by atoms with E-state index in [1.807, 2.05) is 0 Å². The van der Waals surface area contributed by atoms with Crippen molar-refractivity contribution in [2.24, 2.45) is 0 Å². The summed E-state index contributed by atoms with van der Waals surface area (Å²) < 4.78 is 31.3. The second-order valence-corrected chi connectivity index (χ2v) is 6.02. The van der Waals surface area contributed by atoms with Crippen LogP contribution in [0.2, 0.25) is 0 Å². The fourth-order valence-corrected chi connectivity index (χ4v) is 3.37. The first kappa shape index (κ1) is 17.4. The van der Waals surface area contributed by atoms with Crippen LogP contribution in [0.1, 0.15) is 24.2 Å². The molecule has 0 unspecified atom stereocenters. The van der Waals surface area contributed by atoms with Gasteiger partial charge in [-0.1, -0.05) is 13.8 Å². The maximum atomic E-state index is 12.4. The summed E-state index contributed by atoms with van der Waals surface area (Å²) in [6, 6.07) is 4.14. The van der Waals surface area contributed by atoms with Crippen LogP contribution in [0, 0.1) is 0 Å². The molecular formula is C13H20N2O5S. The lowest BCUT2D eigenvalue weighted by atomic mass is 10.2. The Balaban J connectivity index is 3.34. The van der Waals surface area contributed by atoms with Crippen LogP contribution in [0.4, 0.5) is 0 Å². The highest BCUT2D eigenvalue weighted by Gasteiger charge is 2.24. The molecule has 0 saturated carbocycles. The molecular weight excluding hydrogens is 296 g/mol. The zero-order valence-corrected chi connectivity index (χ0v) is 13.4. The third-order valence-corrected chi connectivity index (χ3v) is 5.00. The number of hydroxylamine groups is 1. The van der Waals surface area contributed by atoms with E-state index in [0.29, 0.717) is 13.1 Å². The van der Waals surface area contributed by atoms with Crippen molar-refractivity contribution in [2.45, 2.75) is 18.7 Å². The van der Waals surface area contributed by atoms with E-state index in [4.69, 9.17) is 4.74 Å². The smallest absolute Gasteiger partial charge is 0.278 e. The average Bonchev–Trinajstić information content (AvgIpc) is 2.47. The van der Waals surface area contributed by atoms with E-state index in [0.717, 1.165) is 0 Å². The number of rotatable bonds is 7. The number of benzene rings is 1. The molecule has 1 N–H and O–H groups in total. The van der Waals surface area contributed by atoms with Gasteiger partial charge in [-0.15, -0.1) is 0 Å². The number of carbonyl (C=O) groups excluding carboxylic acids is 1. The first-order valence-corrected chi connectivity index (χ1v) is 7.87. The molecule has 0 bridgehead atoms. The van der Waals surface area contributed by atoms with Crippen molar-refractivity contribution in [1.82, 2.24) is 9.79 Å². The van der Waals surface area contributed by atoms with E-state index < -0.39 is 15.9 Å². The lowest BCUT2D eigenvalue weighted by molar-refractivity contribution is 0.0534. The molecule has 0 heterocycles. The summed E-state index contributed by atoms with van der Waals surface area (Å²) in [4.78, 5) is 16.5. The summed E-state index contributed by atoms with van der Waals surface area (Å²) in [5.74, 6) is -0.311. The summed E-state index contributed by atoms with van der Waals surface area (Å²) in [6.07, 6.45) is 0. The van der Waals surface area contributed by atoms with Crippen LogP contribution < -0.4 is 10.2 Å². The number of ether oxygens (including phenoxy) is 1. The Bertz CT molecular complexity index is 597. The van der Waals surface area contributed by atoms with E-state index in [1.165, 1.54) is 36.7 Å². The minimum atomic E-state index is -3.64. The van der Waals surface area contributed by atoms with Gasteiger partial charge in [0.1, 0.15) is 5.75 Å². The van der Waals surface area contributed by atoms with Crippen molar-refractivity contribution < 1.29 is 22.8 Å². The normalized spacial score (nSPS) is 11.5. The molecule has 8 heteroatoms. The molecule has 0 aliphatic heterocycles. The number of nitrogens with one attached hydrogen (secondary N) is 1. The van der Waals surface area contributed by atoms with Gasteiger partial charge < -0.3 is 4.74 Å². The predicted molar refractivity (Wildman–Crippen MR) is 77.6 cm³/mol. The fraction of sp³-hybridized carbons (Fsp3) is 0.462. The fourth-order valence-electron chi connectivity index (χ4n) is 1.89. The second-order valence-electron chi connectivity index (χ2n) is 4.09. The van der Waals surface area contributed by atoms with Gasteiger partial charge in [-0.05, 0) is 18.2 Å². The molecule has 1 aromatic rings. The van der Waals surface area contributed by atoms with Crippen molar-refractivity contribution in [3.8, 4) is 5.75 Å². The molecule has 21 heavy (non-hydrogen) atoms. The molecule has 0 aromatic heterocycles. The van der Waals surface area contributed by atoms with E-state index in [-0.39, 0.29) is 16.2 Å². The number of hydrogen-bond donors (Lipinski definition) is 1. The summed E-state index contributed by atoms with van der Waals surface area (Å²) >= 11 is 0.